The fraction of sp³-hybridized carbons (Fsp3) is 0.647. The molecule has 0 spiro atoms. The van der Waals surface area contributed by atoms with E-state index in [1.54, 1.807) is 0 Å². The first-order valence-electron chi connectivity index (χ1n) is 7.48. The summed E-state index contributed by atoms with van der Waals surface area (Å²) in [4.78, 5) is 0. The van der Waals surface area contributed by atoms with Crippen LogP contribution in [0.4, 0.5) is 0 Å². The standard InChI is InChI=1S/C17H26O/c1-3-7-13(2)12-15-10-6-9-14-8-4-5-11-16(14)17(15)18/h4-5,8,11,13,15,17-18H,3,6-7,9-10,12H2,1-2H3. The van der Waals surface area contributed by atoms with E-state index < -0.39 is 0 Å². The van der Waals surface area contributed by atoms with Crippen LogP contribution in [0.5, 0.6) is 0 Å². The Morgan fingerprint density at radius 2 is 2.11 bits per heavy atom. The van der Waals surface area contributed by atoms with Crippen molar-refractivity contribution in [2.75, 3.05) is 0 Å². The highest BCUT2D eigenvalue weighted by atomic mass is 16.3. The normalized spacial score (nSPS) is 25.3. The SMILES string of the molecule is CCCC(C)CC1CCCc2ccccc2C1O. The van der Waals surface area contributed by atoms with Crippen LogP contribution in [-0.2, 0) is 6.42 Å². The predicted molar refractivity (Wildman–Crippen MR) is 76.5 cm³/mol. The molecule has 0 saturated heterocycles. The van der Waals surface area contributed by atoms with Gasteiger partial charge < -0.3 is 5.11 Å². The van der Waals surface area contributed by atoms with Gasteiger partial charge in [-0.05, 0) is 48.6 Å². The van der Waals surface area contributed by atoms with Crippen molar-refractivity contribution in [2.45, 2.75) is 58.5 Å². The van der Waals surface area contributed by atoms with Gasteiger partial charge in [0.15, 0.2) is 0 Å². The Bertz CT molecular complexity index is 372. The zero-order valence-corrected chi connectivity index (χ0v) is 11.7. The number of hydrogen-bond donors (Lipinski definition) is 1. The van der Waals surface area contributed by atoms with Crippen LogP contribution in [0.1, 0.15) is 63.2 Å². The molecule has 0 amide bonds. The Balaban J connectivity index is 2.10. The van der Waals surface area contributed by atoms with E-state index in [4.69, 9.17) is 0 Å². The molecule has 0 aromatic heterocycles. The van der Waals surface area contributed by atoms with Gasteiger partial charge >= 0.3 is 0 Å². The van der Waals surface area contributed by atoms with Gasteiger partial charge in [-0.2, -0.15) is 0 Å². The molecular weight excluding hydrogens is 220 g/mol. The van der Waals surface area contributed by atoms with Crippen molar-refractivity contribution in [2.24, 2.45) is 11.8 Å². The molecule has 3 atom stereocenters. The maximum Gasteiger partial charge on any atom is 0.0820 e. The average Bonchev–Trinajstić information content (AvgIpc) is 2.51. The second-order valence-corrected chi connectivity index (χ2v) is 5.93. The summed E-state index contributed by atoms with van der Waals surface area (Å²) in [5.41, 5.74) is 2.54. The molecule has 0 saturated carbocycles. The van der Waals surface area contributed by atoms with Gasteiger partial charge in [0.2, 0.25) is 0 Å². The Kier molecular flexibility index (Phi) is 4.82. The number of benzene rings is 1. The van der Waals surface area contributed by atoms with Gasteiger partial charge in [-0.1, -0.05) is 51.0 Å². The maximum atomic E-state index is 10.6. The minimum absolute atomic E-state index is 0.247. The molecule has 2 rings (SSSR count). The molecular formula is C17H26O. The van der Waals surface area contributed by atoms with Crippen molar-refractivity contribution in [1.29, 1.82) is 0 Å². The van der Waals surface area contributed by atoms with Crippen LogP contribution in [0.3, 0.4) is 0 Å². The van der Waals surface area contributed by atoms with Crippen molar-refractivity contribution in [3.05, 3.63) is 35.4 Å². The van der Waals surface area contributed by atoms with Gasteiger partial charge in [0, 0.05) is 0 Å². The van der Waals surface area contributed by atoms with Gasteiger partial charge in [0.1, 0.15) is 0 Å². The highest BCUT2D eigenvalue weighted by molar-refractivity contribution is 5.30. The summed E-state index contributed by atoms with van der Waals surface area (Å²) < 4.78 is 0. The van der Waals surface area contributed by atoms with Crippen LogP contribution in [0.2, 0.25) is 0 Å². The molecule has 0 radical (unpaired) electrons. The van der Waals surface area contributed by atoms with Crippen LogP contribution in [0.25, 0.3) is 0 Å². The number of aliphatic hydroxyl groups excluding tert-OH is 1. The third kappa shape index (κ3) is 3.14. The molecule has 0 heterocycles. The van der Waals surface area contributed by atoms with Crippen LogP contribution in [-0.4, -0.2) is 5.11 Å². The lowest BCUT2D eigenvalue weighted by atomic mass is 9.84. The van der Waals surface area contributed by atoms with Crippen LogP contribution in [0.15, 0.2) is 24.3 Å². The molecule has 18 heavy (non-hydrogen) atoms. The first-order valence-corrected chi connectivity index (χ1v) is 7.48. The molecule has 1 aromatic carbocycles. The van der Waals surface area contributed by atoms with Gasteiger partial charge in [0.05, 0.1) is 6.10 Å². The fourth-order valence-corrected chi connectivity index (χ4v) is 3.39. The third-order valence-electron chi connectivity index (χ3n) is 4.33. The molecule has 1 aliphatic rings. The molecule has 0 fully saturated rings. The first-order chi connectivity index (χ1) is 8.72. The van der Waals surface area contributed by atoms with E-state index in [0.717, 1.165) is 12.3 Å². The predicted octanol–water partition coefficient (Wildman–Crippen LogP) is 4.50. The molecule has 1 N–H and O–H groups in total. The molecule has 0 aliphatic heterocycles. The molecule has 1 aromatic rings. The van der Waals surface area contributed by atoms with Crippen molar-refractivity contribution in [1.82, 2.24) is 0 Å². The number of fused-ring (bicyclic) bond motifs is 1. The summed E-state index contributed by atoms with van der Waals surface area (Å²) in [5.74, 6) is 1.19. The summed E-state index contributed by atoms with van der Waals surface area (Å²) in [6, 6.07) is 8.44. The lowest BCUT2D eigenvalue weighted by Gasteiger charge is -2.24. The minimum Gasteiger partial charge on any atom is -0.388 e. The highest BCUT2D eigenvalue weighted by Gasteiger charge is 2.26. The Hall–Kier alpha value is -0.820. The van der Waals surface area contributed by atoms with Crippen LogP contribution < -0.4 is 0 Å². The molecule has 0 bridgehead atoms. The van der Waals surface area contributed by atoms with Gasteiger partial charge in [0.25, 0.3) is 0 Å². The third-order valence-corrected chi connectivity index (χ3v) is 4.33. The summed E-state index contributed by atoms with van der Waals surface area (Å²) >= 11 is 0. The van der Waals surface area contributed by atoms with Gasteiger partial charge in [-0.25, -0.2) is 0 Å². The number of aliphatic hydroxyl groups is 1. The van der Waals surface area contributed by atoms with E-state index in [0.29, 0.717) is 5.92 Å². The van der Waals surface area contributed by atoms with Gasteiger partial charge in [-0.15, -0.1) is 0 Å². The second-order valence-electron chi connectivity index (χ2n) is 5.93. The van der Waals surface area contributed by atoms with Crippen molar-refractivity contribution in [3.8, 4) is 0 Å². The van der Waals surface area contributed by atoms with Gasteiger partial charge in [-0.3, -0.25) is 0 Å². The van der Waals surface area contributed by atoms with E-state index in [2.05, 4.69) is 38.1 Å². The molecule has 1 aliphatic carbocycles. The average molecular weight is 246 g/mol. The zero-order chi connectivity index (χ0) is 13.0. The maximum absolute atomic E-state index is 10.6. The second kappa shape index (κ2) is 6.38. The highest BCUT2D eigenvalue weighted by Crippen LogP contribution is 2.37. The summed E-state index contributed by atoms with van der Waals surface area (Å²) in [6.07, 6.45) is 6.98. The quantitative estimate of drug-likeness (QED) is 0.776. The number of aryl methyl sites for hydroxylation is 1. The summed E-state index contributed by atoms with van der Waals surface area (Å²) in [7, 11) is 0. The van der Waals surface area contributed by atoms with Crippen molar-refractivity contribution < 1.29 is 5.11 Å². The molecule has 1 nitrogen and oxygen atoms in total. The van der Waals surface area contributed by atoms with Crippen molar-refractivity contribution in [3.63, 3.8) is 0 Å². The smallest absolute Gasteiger partial charge is 0.0820 e. The number of hydrogen-bond acceptors (Lipinski definition) is 1. The lowest BCUT2D eigenvalue weighted by molar-refractivity contribution is 0.0894. The van der Waals surface area contributed by atoms with E-state index in [1.807, 2.05) is 0 Å². The Morgan fingerprint density at radius 3 is 2.89 bits per heavy atom. The molecule has 100 valence electrons. The van der Waals surface area contributed by atoms with Crippen LogP contribution in [0, 0.1) is 11.8 Å². The topological polar surface area (TPSA) is 20.2 Å². The first kappa shape index (κ1) is 13.6. The minimum atomic E-state index is -0.247. The van der Waals surface area contributed by atoms with E-state index in [1.165, 1.54) is 43.2 Å². The summed E-state index contributed by atoms with van der Waals surface area (Å²) in [6.45, 7) is 4.57. The van der Waals surface area contributed by atoms with E-state index in [-0.39, 0.29) is 6.10 Å². The zero-order valence-electron chi connectivity index (χ0n) is 11.7. The monoisotopic (exact) mass is 246 g/mol. The summed E-state index contributed by atoms with van der Waals surface area (Å²) in [5, 5.41) is 10.6. The number of rotatable bonds is 4. The fourth-order valence-electron chi connectivity index (χ4n) is 3.39. The largest absolute Gasteiger partial charge is 0.388 e. The van der Waals surface area contributed by atoms with Crippen LogP contribution >= 0.6 is 0 Å². The van der Waals surface area contributed by atoms with E-state index in [9.17, 15) is 5.11 Å². The molecule has 3 unspecified atom stereocenters. The Labute approximate surface area is 111 Å². The van der Waals surface area contributed by atoms with E-state index >= 15 is 0 Å². The Morgan fingerprint density at radius 1 is 1.33 bits per heavy atom. The molecule has 1 heteroatoms. The lowest BCUT2D eigenvalue weighted by Crippen LogP contribution is -2.15. The van der Waals surface area contributed by atoms with Crippen molar-refractivity contribution >= 4 is 0 Å².